The molecule has 0 radical (unpaired) electrons. The highest BCUT2D eigenvalue weighted by atomic mass is 19.1. The molecule has 3 aromatic rings. The Morgan fingerprint density at radius 2 is 2.03 bits per heavy atom. The molecule has 0 aliphatic carbocycles. The Labute approximate surface area is 169 Å². The molecule has 1 amide bonds. The molecule has 29 heavy (non-hydrogen) atoms. The minimum absolute atomic E-state index is 0.0661. The number of carbonyl (C=O) groups excluding carboxylic acids is 1. The van der Waals surface area contributed by atoms with E-state index >= 15 is 0 Å². The minimum atomic E-state index is -0.274. The van der Waals surface area contributed by atoms with Crippen molar-refractivity contribution >= 4 is 22.6 Å². The lowest BCUT2D eigenvalue weighted by molar-refractivity contribution is 0.0646. The minimum Gasteiger partial charge on any atom is -0.364 e. The number of amides is 1. The van der Waals surface area contributed by atoms with Gasteiger partial charge in [0.15, 0.2) is 5.82 Å². The van der Waals surface area contributed by atoms with Crippen LogP contribution < -0.4 is 5.32 Å². The summed E-state index contributed by atoms with van der Waals surface area (Å²) in [6, 6.07) is 8.50. The predicted octanol–water partition coefficient (Wildman–Crippen LogP) is 3.85. The van der Waals surface area contributed by atoms with Crippen molar-refractivity contribution in [2.45, 2.75) is 33.5 Å². The Bertz CT molecular complexity index is 1070. The topological polar surface area (TPSA) is 59.4 Å². The number of halogens is 1. The lowest BCUT2D eigenvalue weighted by Crippen LogP contribution is -2.42. The normalized spacial score (nSPS) is 13.6. The number of benzene rings is 1. The third kappa shape index (κ3) is 3.46. The van der Waals surface area contributed by atoms with E-state index < -0.39 is 0 Å². The number of nitrogens with zero attached hydrogens (tertiary/aromatic N) is 3. The zero-order chi connectivity index (χ0) is 20.5. The molecule has 0 atom stereocenters. The zero-order valence-corrected chi connectivity index (χ0v) is 17.0. The first kappa shape index (κ1) is 19.4. The van der Waals surface area contributed by atoms with Crippen molar-refractivity contribution in [1.29, 1.82) is 0 Å². The van der Waals surface area contributed by atoms with Crippen LogP contribution in [0.15, 0.2) is 30.3 Å². The van der Waals surface area contributed by atoms with E-state index in [1.54, 1.807) is 30.2 Å². The highest BCUT2D eigenvalue weighted by molar-refractivity contribution is 6.01. The molecular formula is C22H25FN4O2. The van der Waals surface area contributed by atoms with Crippen LogP contribution in [0.3, 0.4) is 0 Å². The van der Waals surface area contributed by atoms with Gasteiger partial charge in [0, 0.05) is 43.4 Å². The number of carbonyl (C=O) groups is 1. The maximum atomic E-state index is 14.1. The molecule has 0 bridgehead atoms. The Morgan fingerprint density at radius 3 is 2.69 bits per heavy atom. The molecule has 0 spiro atoms. The van der Waals surface area contributed by atoms with Crippen LogP contribution in [0.2, 0.25) is 0 Å². The van der Waals surface area contributed by atoms with Gasteiger partial charge < -0.3 is 19.5 Å². The summed E-state index contributed by atoms with van der Waals surface area (Å²) >= 11 is 0. The molecule has 1 aromatic carbocycles. The van der Waals surface area contributed by atoms with Gasteiger partial charge in [0.1, 0.15) is 18.2 Å². The van der Waals surface area contributed by atoms with Gasteiger partial charge in [0.25, 0.3) is 5.91 Å². The van der Waals surface area contributed by atoms with E-state index in [9.17, 15) is 9.18 Å². The fourth-order valence-corrected chi connectivity index (χ4v) is 3.69. The second-order valence-electron chi connectivity index (χ2n) is 7.40. The smallest absolute Gasteiger partial charge is 0.272 e. The molecule has 1 aliphatic rings. The largest absolute Gasteiger partial charge is 0.364 e. The quantitative estimate of drug-likeness (QED) is 0.688. The molecule has 1 saturated heterocycles. The highest BCUT2D eigenvalue weighted by Gasteiger charge is 2.25. The lowest BCUT2D eigenvalue weighted by atomic mass is 10.1. The number of hydrogen-bond donors (Lipinski definition) is 1. The van der Waals surface area contributed by atoms with Crippen LogP contribution >= 0.6 is 0 Å². The number of aryl methyl sites for hydroxylation is 1. The average Bonchev–Trinajstić information content (AvgIpc) is 2.91. The summed E-state index contributed by atoms with van der Waals surface area (Å²) in [6.45, 7) is 6.21. The fourth-order valence-electron chi connectivity index (χ4n) is 3.69. The number of rotatable bonds is 6. The van der Waals surface area contributed by atoms with Gasteiger partial charge in [-0.1, -0.05) is 18.2 Å². The molecular weight excluding hydrogens is 371 g/mol. The predicted molar refractivity (Wildman–Crippen MR) is 110 cm³/mol. The summed E-state index contributed by atoms with van der Waals surface area (Å²) in [6.07, 6.45) is 1.02. The van der Waals surface area contributed by atoms with E-state index in [0.717, 1.165) is 41.7 Å². The summed E-state index contributed by atoms with van der Waals surface area (Å²) in [7, 11) is 1.64. The Balaban J connectivity index is 1.81. The van der Waals surface area contributed by atoms with E-state index in [-0.39, 0.29) is 18.3 Å². The van der Waals surface area contributed by atoms with Crippen molar-refractivity contribution in [1.82, 2.24) is 14.5 Å². The Kier molecular flexibility index (Phi) is 5.24. The monoisotopic (exact) mass is 396 g/mol. The maximum absolute atomic E-state index is 14.1. The van der Waals surface area contributed by atoms with Gasteiger partial charge in [-0.25, -0.2) is 9.37 Å². The lowest BCUT2D eigenvalue weighted by Gasteiger charge is -2.30. The molecule has 4 rings (SSSR count). The second-order valence-corrected chi connectivity index (χ2v) is 7.40. The number of aromatic nitrogens is 2. The molecule has 1 aliphatic heterocycles. The van der Waals surface area contributed by atoms with Gasteiger partial charge in [-0.3, -0.25) is 4.79 Å². The van der Waals surface area contributed by atoms with E-state index in [4.69, 9.17) is 4.74 Å². The van der Waals surface area contributed by atoms with Gasteiger partial charge in [-0.05, 0) is 38.0 Å². The van der Waals surface area contributed by atoms with E-state index in [0.29, 0.717) is 23.8 Å². The van der Waals surface area contributed by atoms with Gasteiger partial charge in [0.2, 0.25) is 0 Å². The summed E-state index contributed by atoms with van der Waals surface area (Å²) in [5, 5.41) is 4.21. The molecule has 7 heteroatoms. The molecule has 6 nitrogen and oxygen atoms in total. The SMILES string of the molecule is COCn1c(C)c(C)c2cc(C(=O)N3CCC3)nc(NCc3ccccc3F)c21. The van der Waals surface area contributed by atoms with Crippen molar-refractivity contribution in [3.8, 4) is 0 Å². The van der Waals surface area contributed by atoms with Crippen LogP contribution in [-0.4, -0.2) is 40.6 Å². The average molecular weight is 396 g/mol. The molecule has 0 saturated carbocycles. The number of anilines is 1. The first-order valence-electron chi connectivity index (χ1n) is 9.77. The van der Waals surface area contributed by atoms with Crippen LogP contribution in [0.25, 0.3) is 10.9 Å². The van der Waals surface area contributed by atoms with E-state index in [1.165, 1.54) is 6.07 Å². The number of methoxy groups -OCH3 is 1. The van der Waals surface area contributed by atoms with E-state index in [2.05, 4.69) is 10.3 Å². The highest BCUT2D eigenvalue weighted by Crippen LogP contribution is 2.32. The maximum Gasteiger partial charge on any atom is 0.272 e. The summed E-state index contributed by atoms with van der Waals surface area (Å²) in [4.78, 5) is 19.3. The first-order chi connectivity index (χ1) is 14.0. The number of nitrogens with one attached hydrogen (secondary N) is 1. The van der Waals surface area contributed by atoms with Crippen molar-refractivity contribution in [3.63, 3.8) is 0 Å². The second kappa shape index (κ2) is 7.83. The zero-order valence-electron chi connectivity index (χ0n) is 17.0. The van der Waals surface area contributed by atoms with Crippen molar-refractivity contribution in [2.75, 3.05) is 25.5 Å². The van der Waals surface area contributed by atoms with Crippen LogP contribution in [-0.2, 0) is 18.0 Å². The van der Waals surface area contributed by atoms with Crippen molar-refractivity contribution < 1.29 is 13.9 Å². The Hall–Kier alpha value is -2.93. The third-order valence-corrected chi connectivity index (χ3v) is 5.64. The number of hydrogen-bond acceptors (Lipinski definition) is 4. The van der Waals surface area contributed by atoms with Gasteiger partial charge in [-0.2, -0.15) is 0 Å². The van der Waals surface area contributed by atoms with Gasteiger partial charge in [-0.15, -0.1) is 0 Å². The first-order valence-corrected chi connectivity index (χ1v) is 9.77. The number of likely N-dealkylation sites (tertiary alicyclic amines) is 1. The summed E-state index contributed by atoms with van der Waals surface area (Å²) in [5.41, 5.74) is 3.93. The number of pyridine rings is 1. The molecule has 2 aromatic heterocycles. The van der Waals surface area contributed by atoms with Crippen molar-refractivity contribution in [2.24, 2.45) is 0 Å². The molecule has 1 fully saturated rings. The number of ether oxygens (including phenoxy) is 1. The van der Waals surface area contributed by atoms with Gasteiger partial charge in [0.05, 0.1) is 5.52 Å². The van der Waals surface area contributed by atoms with Crippen LogP contribution in [0.4, 0.5) is 10.2 Å². The van der Waals surface area contributed by atoms with Crippen molar-refractivity contribution in [3.05, 3.63) is 58.7 Å². The fraction of sp³-hybridized carbons (Fsp3) is 0.364. The molecule has 1 N–H and O–H groups in total. The number of fused-ring (bicyclic) bond motifs is 1. The Morgan fingerprint density at radius 1 is 1.28 bits per heavy atom. The summed E-state index contributed by atoms with van der Waals surface area (Å²) < 4.78 is 21.5. The van der Waals surface area contributed by atoms with Gasteiger partial charge >= 0.3 is 0 Å². The molecule has 3 heterocycles. The van der Waals surface area contributed by atoms with Crippen LogP contribution in [0, 0.1) is 19.7 Å². The summed E-state index contributed by atoms with van der Waals surface area (Å²) in [5.74, 6) is 0.218. The standard InChI is InChI=1S/C22H25FN4O2/c1-14-15(2)27(13-29-3)20-17(14)11-19(22(28)26-9-6-10-26)25-21(20)24-12-16-7-4-5-8-18(16)23/h4-5,7-8,11H,6,9-10,12-13H2,1-3H3,(H,24,25). The van der Waals surface area contributed by atoms with Crippen LogP contribution in [0.1, 0.15) is 33.7 Å². The molecule has 152 valence electrons. The third-order valence-electron chi connectivity index (χ3n) is 5.64. The molecule has 0 unspecified atom stereocenters. The van der Waals surface area contributed by atoms with Crippen LogP contribution in [0.5, 0.6) is 0 Å². The van der Waals surface area contributed by atoms with E-state index in [1.807, 2.05) is 24.5 Å².